The van der Waals surface area contributed by atoms with Crippen LogP contribution in [0.1, 0.15) is 16.1 Å². The molecule has 21 heavy (non-hydrogen) atoms. The number of carbonyl (C=O) groups is 1. The molecule has 0 spiro atoms. The van der Waals surface area contributed by atoms with Gasteiger partial charge in [0.05, 0.1) is 12.8 Å². The van der Waals surface area contributed by atoms with Gasteiger partial charge in [-0.3, -0.25) is 4.79 Å². The highest BCUT2D eigenvalue weighted by Gasteiger charge is 2.06. The number of ether oxygens (including phenoxy) is 1. The summed E-state index contributed by atoms with van der Waals surface area (Å²) in [4.78, 5) is 15.2. The zero-order chi connectivity index (χ0) is 15.2. The number of nitrogen functional groups attached to an aromatic ring is 1. The van der Waals surface area contributed by atoms with Gasteiger partial charge in [-0.2, -0.15) is 0 Å². The van der Waals surface area contributed by atoms with Crippen molar-refractivity contribution in [1.82, 2.24) is 4.98 Å². The molecule has 0 bridgehead atoms. The Bertz CT molecular complexity index is 626. The monoisotopic (exact) mass is 286 g/mol. The molecule has 6 heteroatoms. The summed E-state index contributed by atoms with van der Waals surface area (Å²) in [5.74, 6) is 0.722. The van der Waals surface area contributed by atoms with Gasteiger partial charge in [0.25, 0.3) is 5.91 Å². The zero-order valence-electron chi connectivity index (χ0n) is 11.8. The molecule has 1 heterocycles. The predicted octanol–water partition coefficient (Wildman–Crippen LogP) is 1.43. The average molecular weight is 286 g/mol. The van der Waals surface area contributed by atoms with Crippen molar-refractivity contribution in [3.05, 3.63) is 47.7 Å². The van der Waals surface area contributed by atoms with Crippen molar-refractivity contribution < 1.29 is 9.53 Å². The molecule has 2 rings (SSSR count). The number of benzene rings is 1. The molecule has 1 amide bonds. The summed E-state index contributed by atoms with van der Waals surface area (Å²) in [5, 5.41) is 3.11. The Balaban J connectivity index is 1.96. The minimum Gasteiger partial charge on any atom is -0.497 e. The third-order valence-corrected chi connectivity index (χ3v) is 3.04. The Kier molecular flexibility index (Phi) is 4.61. The molecule has 0 saturated carbocycles. The van der Waals surface area contributed by atoms with Gasteiger partial charge >= 0.3 is 0 Å². The maximum Gasteiger partial charge on any atom is 0.267 e. The minimum absolute atomic E-state index is 0.191. The molecule has 110 valence electrons. The van der Waals surface area contributed by atoms with E-state index in [4.69, 9.17) is 16.2 Å². The van der Waals surface area contributed by atoms with E-state index >= 15 is 0 Å². The SMILES string of the molecule is COc1ccc(CCNc2nc(C(N)=O)ccc2N)cc1. The number of aromatic nitrogens is 1. The largest absolute Gasteiger partial charge is 0.497 e. The van der Waals surface area contributed by atoms with Crippen molar-refractivity contribution >= 4 is 17.4 Å². The number of methoxy groups -OCH3 is 1. The second kappa shape index (κ2) is 6.60. The van der Waals surface area contributed by atoms with Crippen LogP contribution in [0.25, 0.3) is 0 Å². The molecular formula is C15H18N4O2. The van der Waals surface area contributed by atoms with E-state index in [2.05, 4.69) is 10.3 Å². The number of carbonyl (C=O) groups excluding carboxylic acids is 1. The number of pyridine rings is 1. The van der Waals surface area contributed by atoms with Gasteiger partial charge in [-0.25, -0.2) is 4.98 Å². The number of nitrogens with two attached hydrogens (primary N) is 2. The Hall–Kier alpha value is -2.76. The van der Waals surface area contributed by atoms with E-state index in [1.165, 1.54) is 6.07 Å². The Labute approximate surface area is 123 Å². The van der Waals surface area contributed by atoms with Gasteiger partial charge < -0.3 is 21.5 Å². The molecule has 0 atom stereocenters. The Morgan fingerprint density at radius 3 is 2.57 bits per heavy atom. The molecule has 0 aliphatic carbocycles. The summed E-state index contributed by atoms with van der Waals surface area (Å²) < 4.78 is 5.11. The summed E-state index contributed by atoms with van der Waals surface area (Å²) in [6, 6.07) is 10.9. The number of hydrogen-bond acceptors (Lipinski definition) is 5. The van der Waals surface area contributed by atoms with Crippen molar-refractivity contribution in [3.63, 3.8) is 0 Å². The smallest absolute Gasteiger partial charge is 0.267 e. The third kappa shape index (κ3) is 3.85. The molecule has 0 radical (unpaired) electrons. The van der Waals surface area contributed by atoms with E-state index in [0.29, 0.717) is 18.1 Å². The summed E-state index contributed by atoms with van der Waals surface area (Å²) in [7, 11) is 1.64. The van der Waals surface area contributed by atoms with Crippen LogP contribution in [0, 0.1) is 0 Å². The van der Waals surface area contributed by atoms with Crippen molar-refractivity contribution in [2.24, 2.45) is 5.73 Å². The molecule has 0 fully saturated rings. The first-order valence-corrected chi connectivity index (χ1v) is 6.53. The summed E-state index contributed by atoms with van der Waals surface area (Å²) in [5.41, 5.74) is 12.8. The lowest BCUT2D eigenvalue weighted by atomic mass is 10.1. The number of primary amides is 1. The quantitative estimate of drug-likeness (QED) is 0.745. The third-order valence-electron chi connectivity index (χ3n) is 3.04. The Morgan fingerprint density at radius 2 is 1.95 bits per heavy atom. The van der Waals surface area contributed by atoms with E-state index in [-0.39, 0.29) is 5.69 Å². The maximum absolute atomic E-state index is 11.1. The lowest BCUT2D eigenvalue weighted by molar-refractivity contribution is 0.0996. The number of nitrogens with one attached hydrogen (secondary N) is 1. The molecule has 1 aromatic heterocycles. The summed E-state index contributed by atoms with van der Waals surface area (Å²) in [6.07, 6.45) is 0.798. The number of anilines is 2. The minimum atomic E-state index is -0.576. The van der Waals surface area contributed by atoms with Gasteiger partial charge in [-0.05, 0) is 36.2 Å². The fraction of sp³-hybridized carbons (Fsp3) is 0.200. The molecule has 1 aromatic carbocycles. The lowest BCUT2D eigenvalue weighted by Gasteiger charge is -2.09. The second-order valence-corrected chi connectivity index (χ2v) is 4.52. The van der Waals surface area contributed by atoms with Crippen LogP contribution in [0.3, 0.4) is 0 Å². The number of amides is 1. The number of rotatable bonds is 6. The average Bonchev–Trinajstić information content (AvgIpc) is 2.49. The summed E-state index contributed by atoms with van der Waals surface area (Å²) in [6.45, 7) is 0.645. The maximum atomic E-state index is 11.1. The molecule has 6 nitrogen and oxygen atoms in total. The topological polar surface area (TPSA) is 103 Å². The molecule has 2 aromatic rings. The molecule has 0 aliphatic heterocycles. The zero-order valence-corrected chi connectivity index (χ0v) is 11.8. The molecule has 0 unspecified atom stereocenters. The van der Waals surface area contributed by atoms with E-state index in [1.807, 2.05) is 24.3 Å². The fourth-order valence-corrected chi connectivity index (χ4v) is 1.87. The van der Waals surface area contributed by atoms with Crippen molar-refractivity contribution in [1.29, 1.82) is 0 Å². The van der Waals surface area contributed by atoms with E-state index < -0.39 is 5.91 Å². The molecule has 0 saturated heterocycles. The number of nitrogens with zero attached hydrogens (tertiary/aromatic N) is 1. The highest BCUT2D eigenvalue weighted by atomic mass is 16.5. The predicted molar refractivity (Wildman–Crippen MR) is 82.4 cm³/mol. The van der Waals surface area contributed by atoms with E-state index in [9.17, 15) is 4.79 Å². The Morgan fingerprint density at radius 1 is 1.24 bits per heavy atom. The van der Waals surface area contributed by atoms with Gasteiger partial charge in [0.15, 0.2) is 0 Å². The van der Waals surface area contributed by atoms with Crippen LogP contribution in [0.5, 0.6) is 5.75 Å². The standard InChI is InChI=1S/C15H18N4O2/c1-21-11-4-2-10(3-5-11)8-9-18-15-12(16)6-7-13(19-15)14(17)20/h2-7H,8-9,16H2,1H3,(H2,17,20)(H,18,19). The van der Waals surface area contributed by atoms with Crippen LogP contribution in [-0.2, 0) is 6.42 Å². The van der Waals surface area contributed by atoms with Crippen LogP contribution in [0.15, 0.2) is 36.4 Å². The molecule has 0 aliphatic rings. The normalized spacial score (nSPS) is 10.1. The first kappa shape index (κ1) is 14.6. The fourth-order valence-electron chi connectivity index (χ4n) is 1.87. The first-order valence-electron chi connectivity index (χ1n) is 6.53. The molecule has 5 N–H and O–H groups in total. The molecular weight excluding hydrogens is 268 g/mol. The van der Waals surface area contributed by atoms with Crippen molar-refractivity contribution in [3.8, 4) is 5.75 Å². The highest BCUT2D eigenvalue weighted by Crippen LogP contribution is 2.16. The van der Waals surface area contributed by atoms with Crippen molar-refractivity contribution in [2.45, 2.75) is 6.42 Å². The van der Waals surface area contributed by atoms with Gasteiger partial charge in [0.1, 0.15) is 17.3 Å². The van der Waals surface area contributed by atoms with Crippen LogP contribution in [-0.4, -0.2) is 24.5 Å². The number of hydrogen-bond donors (Lipinski definition) is 3. The summed E-state index contributed by atoms with van der Waals surface area (Å²) >= 11 is 0. The highest BCUT2D eigenvalue weighted by molar-refractivity contribution is 5.91. The van der Waals surface area contributed by atoms with Crippen LogP contribution < -0.4 is 21.5 Å². The van der Waals surface area contributed by atoms with Gasteiger partial charge in [0, 0.05) is 6.54 Å². The van der Waals surface area contributed by atoms with Crippen molar-refractivity contribution in [2.75, 3.05) is 24.7 Å². The van der Waals surface area contributed by atoms with Gasteiger partial charge in [-0.15, -0.1) is 0 Å². The van der Waals surface area contributed by atoms with Gasteiger partial charge in [0.2, 0.25) is 0 Å². The van der Waals surface area contributed by atoms with E-state index in [0.717, 1.165) is 17.7 Å². The van der Waals surface area contributed by atoms with E-state index in [1.54, 1.807) is 13.2 Å². The second-order valence-electron chi connectivity index (χ2n) is 4.52. The first-order chi connectivity index (χ1) is 10.1. The lowest BCUT2D eigenvalue weighted by Crippen LogP contribution is -2.16. The van der Waals surface area contributed by atoms with Crippen LogP contribution >= 0.6 is 0 Å². The van der Waals surface area contributed by atoms with Crippen LogP contribution in [0.4, 0.5) is 11.5 Å². The van der Waals surface area contributed by atoms with Crippen LogP contribution in [0.2, 0.25) is 0 Å². The van der Waals surface area contributed by atoms with Gasteiger partial charge in [-0.1, -0.05) is 12.1 Å².